The molecule has 58 valence electrons. The van der Waals surface area contributed by atoms with Gasteiger partial charge in [0.15, 0.2) is 0 Å². The molecule has 11 heavy (non-hydrogen) atoms. The lowest BCUT2D eigenvalue weighted by Crippen LogP contribution is -2.15. The van der Waals surface area contributed by atoms with Crippen LogP contribution in [0.1, 0.15) is 12.0 Å². The molecule has 0 saturated carbocycles. The van der Waals surface area contributed by atoms with Crippen LogP contribution in [0.5, 0.6) is 0 Å². The molecule has 1 aromatic carbocycles. The lowest BCUT2D eigenvalue weighted by atomic mass is 10.1. The lowest BCUT2D eigenvalue weighted by molar-refractivity contribution is -0.220. The fourth-order valence-electron chi connectivity index (χ4n) is 0.903. The van der Waals surface area contributed by atoms with Gasteiger partial charge >= 0.3 is 0 Å². The highest BCUT2D eigenvalue weighted by molar-refractivity contribution is 5.67. The van der Waals surface area contributed by atoms with Crippen LogP contribution in [0.15, 0.2) is 30.3 Å². The molecular formula is C9H10NO-. The van der Waals surface area contributed by atoms with Crippen molar-refractivity contribution >= 4 is 5.90 Å². The van der Waals surface area contributed by atoms with Crippen LogP contribution in [0, 0.1) is 5.41 Å². The van der Waals surface area contributed by atoms with E-state index < -0.39 is 5.90 Å². The average molecular weight is 148 g/mol. The van der Waals surface area contributed by atoms with E-state index in [0.29, 0.717) is 12.8 Å². The zero-order chi connectivity index (χ0) is 8.10. The fraction of sp³-hybridized carbons (Fsp3) is 0.222. The smallest absolute Gasteiger partial charge is 0.0213 e. The van der Waals surface area contributed by atoms with Gasteiger partial charge in [0.1, 0.15) is 0 Å². The zero-order valence-electron chi connectivity index (χ0n) is 6.21. The second-order valence-electron chi connectivity index (χ2n) is 2.41. The van der Waals surface area contributed by atoms with Crippen molar-refractivity contribution < 1.29 is 5.11 Å². The molecular weight excluding hydrogens is 138 g/mol. The number of hydrogen-bond acceptors (Lipinski definition) is 2. The zero-order valence-corrected chi connectivity index (χ0v) is 6.21. The van der Waals surface area contributed by atoms with Crippen molar-refractivity contribution in [2.24, 2.45) is 0 Å². The number of rotatable bonds is 3. The van der Waals surface area contributed by atoms with Gasteiger partial charge in [-0.25, -0.2) is 0 Å². The standard InChI is InChI=1S/C9H11NO/c10-9(11)7-6-8-4-2-1-3-5-8/h1-5H,6-7H2,(H2,10,11)/p-1. The molecule has 0 atom stereocenters. The summed E-state index contributed by atoms with van der Waals surface area (Å²) in [5.41, 5.74) is 1.12. The van der Waals surface area contributed by atoms with Crippen LogP contribution in [0.4, 0.5) is 0 Å². The third-order valence-corrected chi connectivity index (χ3v) is 1.48. The molecule has 0 aliphatic heterocycles. The second kappa shape index (κ2) is 3.76. The maximum absolute atomic E-state index is 10.3. The van der Waals surface area contributed by atoms with Gasteiger partial charge in [0, 0.05) is 0 Å². The minimum atomic E-state index is -0.492. The summed E-state index contributed by atoms with van der Waals surface area (Å²) >= 11 is 0. The molecule has 0 heterocycles. The van der Waals surface area contributed by atoms with Crippen molar-refractivity contribution in [2.45, 2.75) is 12.8 Å². The fourth-order valence-corrected chi connectivity index (χ4v) is 0.903. The Balaban J connectivity index is 2.45. The highest BCUT2D eigenvalue weighted by Crippen LogP contribution is 2.01. The van der Waals surface area contributed by atoms with Gasteiger partial charge in [-0.3, -0.25) is 0 Å². The van der Waals surface area contributed by atoms with Gasteiger partial charge in [-0.15, -0.1) is 0 Å². The van der Waals surface area contributed by atoms with E-state index in [-0.39, 0.29) is 0 Å². The maximum atomic E-state index is 10.3. The first-order chi connectivity index (χ1) is 5.29. The molecule has 0 aliphatic rings. The largest absolute Gasteiger partial charge is 0.862 e. The lowest BCUT2D eigenvalue weighted by Gasteiger charge is -2.05. The Labute approximate surface area is 66.0 Å². The summed E-state index contributed by atoms with van der Waals surface area (Å²) in [4.78, 5) is 0. The Hall–Kier alpha value is -1.31. The summed E-state index contributed by atoms with van der Waals surface area (Å²) in [6.07, 6.45) is 1.01. The monoisotopic (exact) mass is 148 g/mol. The van der Waals surface area contributed by atoms with Crippen molar-refractivity contribution in [3.05, 3.63) is 35.9 Å². The molecule has 0 saturated heterocycles. The summed E-state index contributed by atoms with van der Waals surface area (Å²) in [7, 11) is 0. The highest BCUT2D eigenvalue weighted by Gasteiger charge is 1.88. The van der Waals surface area contributed by atoms with Crippen molar-refractivity contribution in [3.8, 4) is 0 Å². The molecule has 0 unspecified atom stereocenters. The Kier molecular flexibility index (Phi) is 2.66. The van der Waals surface area contributed by atoms with Crippen LogP contribution < -0.4 is 5.11 Å². The van der Waals surface area contributed by atoms with Crippen molar-refractivity contribution in [3.63, 3.8) is 0 Å². The molecule has 0 amide bonds. The van der Waals surface area contributed by atoms with E-state index >= 15 is 0 Å². The summed E-state index contributed by atoms with van der Waals surface area (Å²) < 4.78 is 0. The minimum Gasteiger partial charge on any atom is -0.862 e. The number of hydrogen-bond donors (Lipinski definition) is 1. The topological polar surface area (TPSA) is 46.9 Å². The van der Waals surface area contributed by atoms with Crippen LogP contribution in [-0.2, 0) is 6.42 Å². The predicted molar refractivity (Wildman–Crippen MR) is 42.5 cm³/mol. The highest BCUT2D eigenvalue weighted by atomic mass is 16.3. The van der Waals surface area contributed by atoms with Crippen molar-refractivity contribution in [1.29, 1.82) is 5.41 Å². The van der Waals surface area contributed by atoms with Crippen LogP contribution in [0.3, 0.4) is 0 Å². The van der Waals surface area contributed by atoms with Gasteiger partial charge in [0.25, 0.3) is 0 Å². The molecule has 1 rings (SSSR count). The molecule has 1 aromatic rings. The van der Waals surface area contributed by atoms with E-state index in [1.165, 1.54) is 0 Å². The molecule has 0 radical (unpaired) electrons. The van der Waals surface area contributed by atoms with E-state index in [1.807, 2.05) is 30.3 Å². The summed E-state index contributed by atoms with van der Waals surface area (Å²) in [5.74, 6) is -0.492. The first kappa shape index (κ1) is 7.79. The van der Waals surface area contributed by atoms with Crippen LogP contribution in [0.25, 0.3) is 0 Å². The summed E-state index contributed by atoms with van der Waals surface area (Å²) in [6, 6.07) is 9.73. The SMILES string of the molecule is N=C([O-])CCc1ccccc1. The molecule has 0 aliphatic carbocycles. The Bertz CT molecular complexity index is 231. The third kappa shape index (κ3) is 2.85. The Morgan fingerprint density at radius 3 is 2.45 bits per heavy atom. The molecule has 0 fully saturated rings. The van der Waals surface area contributed by atoms with Gasteiger partial charge in [-0.2, -0.15) is 0 Å². The van der Waals surface area contributed by atoms with Crippen LogP contribution in [0.2, 0.25) is 0 Å². The van der Waals surface area contributed by atoms with Gasteiger partial charge in [0.2, 0.25) is 0 Å². The maximum Gasteiger partial charge on any atom is -0.0213 e. The Morgan fingerprint density at radius 2 is 1.91 bits per heavy atom. The quantitative estimate of drug-likeness (QED) is 0.503. The average Bonchev–Trinajstić information content (AvgIpc) is 2.03. The predicted octanol–water partition coefficient (Wildman–Crippen LogP) is 0.957. The molecule has 0 bridgehead atoms. The molecule has 0 aromatic heterocycles. The first-order valence-electron chi connectivity index (χ1n) is 3.57. The molecule has 2 heteroatoms. The van der Waals surface area contributed by atoms with Crippen LogP contribution in [-0.4, -0.2) is 5.90 Å². The minimum absolute atomic E-state index is 0.323. The Morgan fingerprint density at radius 1 is 1.27 bits per heavy atom. The second-order valence-corrected chi connectivity index (χ2v) is 2.41. The summed E-state index contributed by atoms with van der Waals surface area (Å²) in [6.45, 7) is 0. The van der Waals surface area contributed by atoms with Crippen molar-refractivity contribution in [1.82, 2.24) is 0 Å². The normalized spacial score (nSPS) is 9.45. The third-order valence-electron chi connectivity index (χ3n) is 1.48. The van der Waals surface area contributed by atoms with E-state index in [1.54, 1.807) is 0 Å². The molecule has 1 N–H and O–H groups in total. The number of aryl methyl sites for hydroxylation is 1. The number of benzene rings is 1. The van der Waals surface area contributed by atoms with Gasteiger partial charge < -0.3 is 10.5 Å². The van der Waals surface area contributed by atoms with E-state index in [4.69, 9.17) is 5.41 Å². The van der Waals surface area contributed by atoms with Gasteiger partial charge in [-0.1, -0.05) is 30.3 Å². The van der Waals surface area contributed by atoms with E-state index in [9.17, 15) is 5.11 Å². The van der Waals surface area contributed by atoms with E-state index in [2.05, 4.69) is 0 Å². The van der Waals surface area contributed by atoms with E-state index in [0.717, 1.165) is 5.56 Å². The van der Waals surface area contributed by atoms with Gasteiger partial charge in [-0.05, 0) is 24.3 Å². The number of nitrogens with one attached hydrogen (secondary N) is 1. The van der Waals surface area contributed by atoms with Crippen LogP contribution >= 0.6 is 0 Å². The molecule has 2 nitrogen and oxygen atoms in total. The molecule has 0 spiro atoms. The van der Waals surface area contributed by atoms with Crippen molar-refractivity contribution in [2.75, 3.05) is 0 Å². The van der Waals surface area contributed by atoms with Gasteiger partial charge in [0.05, 0.1) is 0 Å². The first-order valence-corrected chi connectivity index (χ1v) is 3.57. The summed E-state index contributed by atoms with van der Waals surface area (Å²) in [5, 5.41) is 17.0.